The molecule has 0 fully saturated rings. The summed E-state index contributed by atoms with van der Waals surface area (Å²) in [5, 5.41) is 14.7. The summed E-state index contributed by atoms with van der Waals surface area (Å²) in [6, 6.07) is 1.62. The van der Waals surface area contributed by atoms with E-state index in [1.54, 1.807) is 6.07 Å². The Bertz CT molecular complexity index is 556. The van der Waals surface area contributed by atoms with Gasteiger partial charge in [-0.05, 0) is 22.0 Å². The third-order valence-electron chi connectivity index (χ3n) is 2.32. The lowest BCUT2D eigenvalue weighted by molar-refractivity contribution is -0.463. The molecule has 0 saturated carbocycles. The maximum Gasteiger partial charge on any atom is 0.366 e. The molecule has 1 rings (SSSR count). The van der Waals surface area contributed by atoms with Gasteiger partial charge in [-0.1, -0.05) is 0 Å². The Morgan fingerprint density at radius 3 is 2.30 bits per heavy atom. The molecule has 0 bridgehead atoms. The Labute approximate surface area is 124 Å². The maximum absolute atomic E-state index is 11.2. The van der Waals surface area contributed by atoms with Crippen LogP contribution in [0.3, 0.4) is 0 Å². The van der Waals surface area contributed by atoms with Crippen molar-refractivity contribution in [2.75, 3.05) is 21.3 Å². The maximum atomic E-state index is 11.2. The highest BCUT2D eigenvalue weighted by atomic mass is 79.9. The summed E-state index contributed by atoms with van der Waals surface area (Å²) in [5.74, 6) is 0.791. The van der Waals surface area contributed by atoms with Gasteiger partial charge in [0, 0.05) is 5.56 Å². The normalized spacial score (nSPS) is 10.4. The highest BCUT2D eigenvalue weighted by Gasteiger charge is 2.18. The van der Waals surface area contributed by atoms with E-state index in [2.05, 4.69) is 21.0 Å². The Morgan fingerprint density at radius 1 is 1.25 bits per heavy atom. The molecule has 4 N–H and O–H groups in total. The average molecular weight is 347 g/mol. The van der Waals surface area contributed by atoms with Gasteiger partial charge in [0.25, 0.3) is 0 Å². The molecular weight excluding hydrogens is 332 g/mol. The van der Waals surface area contributed by atoms with Crippen molar-refractivity contribution in [2.24, 2.45) is 16.6 Å². The van der Waals surface area contributed by atoms with Crippen LogP contribution < -0.4 is 25.7 Å². The van der Waals surface area contributed by atoms with E-state index in [0.717, 1.165) is 0 Å². The van der Waals surface area contributed by atoms with Gasteiger partial charge in [-0.15, -0.1) is 9.95 Å². The van der Waals surface area contributed by atoms with E-state index < -0.39 is 5.96 Å². The molecule has 0 atom stereocenters. The molecule has 0 amide bonds. The summed E-state index contributed by atoms with van der Waals surface area (Å²) in [4.78, 5) is 0.0929. The van der Waals surface area contributed by atoms with Crippen LogP contribution in [0.1, 0.15) is 5.56 Å². The molecule has 1 aromatic carbocycles. The number of benzene rings is 1. The molecule has 0 unspecified atom stereocenters. The summed E-state index contributed by atoms with van der Waals surface area (Å²) < 4.78 is 16.2. The van der Waals surface area contributed by atoms with E-state index in [0.29, 0.717) is 27.3 Å². The SMILES string of the molecule is COc1cc(/C=N/[N+]([O-])=C(N)N)c(Br)c(OC)c1OC. The minimum atomic E-state index is -0.468. The highest BCUT2D eigenvalue weighted by molar-refractivity contribution is 9.10. The predicted molar refractivity (Wildman–Crippen MR) is 78.4 cm³/mol. The second kappa shape index (κ2) is 6.85. The molecule has 0 aliphatic carbocycles. The number of nitrogens with zero attached hydrogens (tertiary/aromatic N) is 2. The van der Waals surface area contributed by atoms with Gasteiger partial charge in [0.2, 0.25) is 5.75 Å². The van der Waals surface area contributed by atoms with E-state index in [1.807, 2.05) is 0 Å². The first-order chi connectivity index (χ1) is 9.46. The van der Waals surface area contributed by atoms with Gasteiger partial charge in [0.15, 0.2) is 11.5 Å². The molecule has 0 spiro atoms. The third kappa shape index (κ3) is 3.23. The van der Waals surface area contributed by atoms with E-state index in [4.69, 9.17) is 25.7 Å². The van der Waals surface area contributed by atoms with Gasteiger partial charge in [0.05, 0.1) is 32.0 Å². The first-order valence-corrected chi connectivity index (χ1v) is 6.13. The van der Waals surface area contributed by atoms with Crippen molar-refractivity contribution < 1.29 is 19.1 Å². The predicted octanol–water partition coefficient (Wildman–Crippen LogP) is 0.593. The number of hydrogen-bond acceptors (Lipinski definition) is 5. The number of rotatable bonds is 5. The fourth-order valence-corrected chi connectivity index (χ4v) is 1.97. The molecule has 0 aliphatic rings. The molecule has 0 aromatic heterocycles. The lowest BCUT2D eigenvalue weighted by Gasteiger charge is -2.15. The van der Waals surface area contributed by atoms with Crippen molar-refractivity contribution in [3.05, 3.63) is 21.3 Å². The van der Waals surface area contributed by atoms with Crippen molar-refractivity contribution in [2.45, 2.75) is 0 Å². The van der Waals surface area contributed by atoms with Crippen LogP contribution in [0, 0.1) is 5.21 Å². The Hall–Kier alpha value is -2.16. The van der Waals surface area contributed by atoms with Crippen LogP contribution in [-0.2, 0) is 0 Å². The van der Waals surface area contributed by atoms with E-state index in [9.17, 15) is 5.21 Å². The van der Waals surface area contributed by atoms with Crippen molar-refractivity contribution in [3.63, 3.8) is 0 Å². The molecule has 110 valence electrons. The number of methoxy groups -OCH3 is 3. The third-order valence-corrected chi connectivity index (χ3v) is 3.14. The number of halogens is 1. The van der Waals surface area contributed by atoms with Crippen LogP contribution in [0.2, 0.25) is 0 Å². The van der Waals surface area contributed by atoms with E-state index in [1.165, 1.54) is 27.5 Å². The number of ether oxygens (including phenoxy) is 3. The van der Waals surface area contributed by atoms with Gasteiger partial charge in [-0.2, -0.15) is 0 Å². The average Bonchev–Trinajstić information content (AvgIpc) is 2.44. The van der Waals surface area contributed by atoms with Crippen LogP contribution in [0.15, 0.2) is 15.6 Å². The Morgan fingerprint density at radius 2 is 1.85 bits per heavy atom. The van der Waals surface area contributed by atoms with E-state index in [-0.39, 0.29) is 4.85 Å². The van der Waals surface area contributed by atoms with E-state index >= 15 is 0 Å². The van der Waals surface area contributed by atoms with Gasteiger partial charge in [-0.3, -0.25) is 11.5 Å². The van der Waals surface area contributed by atoms with Gasteiger partial charge >= 0.3 is 5.96 Å². The fourth-order valence-electron chi connectivity index (χ4n) is 1.42. The first-order valence-electron chi connectivity index (χ1n) is 5.33. The molecule has 0 radical (unpaired) electrons. The second-order valence-corrected chi connectivity index (χ2v) is 4.28. The van der Waals surface area contributed by atoms with Gasteiger partial charge in [-0.25, -0.2) is 0 Å². The largest absolute Gasteiger partial charge is 0.722 e. The summed E-state index contributed by atoms with van der Waals surface area (Å²) in [6.07, 6.45) is 1.27. The van der Waals surface area contributed by atoms with Crippen LogP contribution in [0.4, 0.5) is 0 Å². The first kappa shape index (κ1) is 15.9. The highest BCUT2D eigenvalue weighted by Crippen LogP contribution is 2.44. The lowest BCUT2D eigenvalue weighted by Crippen LogP contribution is -2.30. The molecule has 20 heavy (non-hydrogen) atoms. The van der Waals surface area contributed by atoms with Crippen LogP contribution in [0.25, 0.3) is 0 Å². The van der Waals surface area contributed by atoms with Crippen molar-refractivity contribution in [3.8, 4) is 17.2 Å². The Kier molecular flexibility index (Phi) is 5.44. The quantitative estimate of drug-likeness (QED) is 0.265. The molecule has 8 nitrogen and oxygen atoms in total. The molecule has 0 aliphatic heterocycles. The summed E-state index contributed by atoms with van der Waals surface area (Å²) >= 11 is 3.34. The monoisotopic (exact) mass is 346 g/mol. The van der Waals surface area contributed by atoms with Crippen LogP contribution >= 0.6 is 15.9 Å². The standard InChI is InChI=1S/C11H15BrN4O4/c1-18-7-4-6(5-15-16(17)11(13)14)8(12)10(20-3)9(7)19-2/h4-5H,13-14H2,1-3H3/b15-5+. The number of nitrogens with two attached hydrogens (primary N) is 2. The smallest absolute Gasteiger partial charge is 0.366 e. The Balaban J connectivity index is 3.39. The van der Waals surface area contributed by atoms with Crippen molar-refractivity contribution in [1.29, 1.82) is 0 Å². The van der Waals surface area contributed by atoms with Crippen LogP contribution in [-0.4, -0.2) is 38.4 Å². The van der Waals surface area contributed by atoms with Crippen molar-refractivity contribution in [1.82, 2.24) is 0 Å². The lowest BCUT2D eigenvalue weighted by atomic mass is 10.2. The molecular formula is C11H15BrN4O4. The number of guanidine groups is 1. The van der Waals surface area contributed by atoms with Gasteiger partial charge < -0.3 is 19.4 Å². The van der Waals surface area contributed by atoms with Gasteiger partial charge in [0.1, 0.15) is 0 Å². The zero-order valence-corrected chi connectivity index (χ0v) is 12.8. The topological polar surface area (TPSA) is 118 Å². The minimum Gasteiger partial charge on any atom is -0.722 e. The molecule has 0 heterocycles. The van der Waals surface area contributed by atoms with Crippen molar-refractivity contribution >= 4 is 28.1 Å². The summed E-state index contributed by atoms with van der Waals surface area (Å²) in [5.41, 5.74) is 10.7. The molecule has 1 aromatic rings. The zero-order chi connectivity index (χ0) is 15.3. The summed E-state index contributed by atoms with van der Waals surface area (Å²) in [6.45, 7) is 0. The molecule has 9 heteroatoms. The number of hydrogen-bond donors (Lipinski definition) is 2. The molecule has 0 saturated heterocycles. The minimum absolute atomic E-state index is 0.0929. The summed E-state index contributed by atoms with van der Waals surface area (Å²) in [7, 11) is 4.45. The second-order valence-electron chi connectivity index (χ2n) is 3.49. The number of hydrazone groups is 1. The zero-order valence-electron chi connectivity index (χ0n) is 11.2. The van der Waals surface area contributed by atoms with Crippen LogP contribution in [0.5, 0.6) is 17.2 Å². The fraction of sp³-hybridized carbons (Fsp3) is 0.273.